The first kappa shape index (κ1) is 12.8. The summed E-state index contributed by atoms with van der Waals surface area (Å²) < 4.78 is 1.00. The van der Waals surface area contributed by atoms with Gasteiger partial charge >= 0.3 is 0 Å². The zero-order chi connectivity index (χ0) is 11.1. The first-order valence-electron chi connectivity index (χ1n) is 5.48. The molecule has 86 valence electrons. The third-order valence-electron chi connectivity index (χ3n) is 2.41. The smallest absolute Gasteiger partial charge is 0.203 e. The standard InChI is InChI=1S/C10H19N3S2/c1-3-5-6-8(4-2)7-14-10-13-12-9(11)15-10/h8H,3-7H2,1-2H3,(H2,11,12). The monoisotopic (exact) mass is 245 g/mol. The Labute approximate surface area is 99.9 Å². The number of thioether (sulfide) groups is 1. The van der Waals surface area contributed by atoms with E-state index >= 15 is 0 Å². The lowest BCUT2D eigenvalue weighted by atomic mass is 10.0. The number of hydrogen-bond donors (Lipinski definition) is 1. The molecule has 0 radical (unpaired) electrons. The van der Waals surface area contributed by atoms with Crippen LogP contribution in [-0.4, -0.2) is 16.0 Å². The maximum absolute atomic E-state index is 5.53. The van der Waals surface area contributed by atoms with Gasteiger partial charge in [-0.25, -0.2) is 0 Å². The van der Waals surface area contributed by atoms with E-state index in [1.165, 1.54) is 37.0 Å². The van der Waals surface area contributed by atoms with Crippen LogP contribution in [-0.2, 0) is 0 Å². The summed E-state index contributed by atoms with van der Waals surface area (Å²) in [6.07, 6.45) is 5.19. The highest BCUT2D eigenvalue weighted by Crippen LogP contribution is 2.27. The minimum Gasteiger partial charge on any atom is -0.374 e. The van der Waals surface area contributed by atoms with Crippen LogP contribution in [0.2, 0.25) is 0 Å². The molecule has 0 aliphatic carbocycles. The molecular formula is C10H19N3S2. The fourth-order valence-corrected chi connectivity index (χ4v) is 3.28. The Balaban J connectivity index is 2.27. The molecule has 0 fully saturated rings. The van der Waals surface area contributed by atoms with E-state index in [-0.39, 0.29) is 0 Å². The molecule has 0 aromatic carbocycles. The summed E-state index contributed by atoms with van der Waals surface area (Å²) in [5.41, 5.74) is 5.53. The van der Waals surface area contributed by atoms with Crippen LogP contribution in [0.15, 0.2) is 4.34 Å². The molecule has 0 amide bonds. The van der Waals surface area contributed by atoms with Crippen LogP contribution >= 0.6 is 23.1 Å². The molecule has 2 N–H and O–H groups in total. The van der Waals surface area contributed by atoms with Crippen molar-refractivity contribution in [3.63, 3.8) is 0 Å². The lowest BCUT2D eigenvalue weighted by molar-refractivity contribution is 0.499. The normalized spacial score (nSPS) is 12.9. The Morgan fingerprint density at radius 2 is 2.20 bits per heavy atom. The summed E-state index contributed by atoms with van der Waals surface area (Å²) in [6, 6.07) is 0. The Bertz CT molecular complexity index is 275. The molecule has 1 heterocycles. The van der Waals surface area contributed by atoms with Gasteiger partial charge in [-0.1, -0.05) is 56.2 Å². The highest BCUT2D eigenvalue weighted by molar-refractivity contribution is 8.01. The molecule has 0 saturated heterocycles. The molecule has 1 atom stereocenters. The molecule has 3 nitrogen and oxygen atoms in total. The molecule has 0 aliphatic rings. The molecule has 1 aromatic heterocycles. The first-order chi connectivity index (χ1) is 7.26. The number of anilines is 1. The van der Waals surface area contributed by atoms with Crippen LogP contribution in [0.3, 0.4) is 0 Å². The van der Waals surface area contributed by atoms with Crippen molar-refractivity contribution < 1.29 is 0 Å². The quantitative estimate of drug-likeness (QED) is 0.748. The van der Waals surface area contributed by atoms with Crippen molar-refractivity contribution in [2.45, 2.75) is 43.9 Å². The molecular weight excluding hydrogens is 226 g/mol. The Hall–Kier alpha value is -0.290. The average molecular weight is 245 g/mol. The average Bonchev–Trinajstić information content (AvgIpc) is 2.65. The van der Waals surface area contributed by atoms with Crippen molar-refractivity contribution in [1.29, 1.82) is 0 Å². The van der Waals surface area contributed by atoms with Crippen molar-refractivity contribution in [2.24, 2.45) is 5.92 Å². The van der Waals surface area contributed by atoms with Gasteiger partial charge in [0.2, 0.25) is 5.13 Å². The Morgan fingerprint density at radius 3 is 2.73 bits per heavy atom. The predicted molar refractivity (Wildman–Crippen MR) is 68.4 cm³/mol. The number of nitrogens with two attached hydrogens (primary N) is 1. The second-order valence-corrected chi connectivity index (χ2v) is 5.91. The van der Waals surface area contributed by atoms with Crippen molar-refractivity contribution >= 4 is 28.2 Å². The number of nitrogens with zero attached hydrogens (tertiary/aromatic N) is 2. The van der Waals surface area contributed by atoms with Gasteiger partial charge in [-0.15, -0.1) is 10.2 Å². The number of nitrogen functional groups attached to an aromatic ring is 1. The molecule has 1 rings (SSSR count). The predicted octanol–water partition coefficient (Wildman–Crippen LogP) is 3.43. The van der Waals surface area contributed by atoms with Gasteiger partial charge in [0.1, 0.15) is 0 Å². The molecule has 15 heavy (non-hydrogen) atoms. The number of aromatic nitrogens is 2. The zero-order valence-corrected chi connectivity index (χ0v) is 11.0. The van der Waals surface area contributed by atoms with Gasteiger partial charge in [0.15, 0.2) is 4.34 Å². The number of rotatable bonds is 7. The van der Waals surface area contributed by atoms with E-state index < -0.39 is 0 Å². The lowest BCUT2D eigenvalue weighted by Gasteiger charge is -2.12. The van der Waals surface area contributed by atoms with E-state index in [1.807, 2.05) is 0 Å². The van der Waals surface area contributed by atoms with Crippen molar-refractivity contribution in [1.82, 2.24) is 10.2 Å². The van der Waals surface area contributed by atoms with Crippen molar-refractivity contribution in [2.75, 3.05) is 11.5 Å². The zero-order valence-electron chi connectivity index (χ0n) is 9.40. The van der Waals surface area contributed by atoms with E-state index in [4.69, 9.17) is 5.73 Å². The lowest BCUT2D eigenvalue weighted by Crippen LogP contribution is -2.01. The van der Waals surface area contributed by atoms with E-state index in [1.54, 1.807) is 11.8 Å². The topological polar surface area (TPSA) is 51.8 Å². The highest BCUT2D eigenvalue weighted by Gasteiger charge is 2.08. The van der Waals surface area contributed by atoms with Gasteiger partial charge in [0.25, 0.3) is 0 Å². The third-order valence-corrected chi connectivity index (χ3v) is 4.53. The number of unbranched alkanes of at least 4 members (excludes halogenated alkanes) is 1. The molecule has 5 heteroatoms. The molecule has 0 aliphatic heterocycles. The van der Waals surface area contributed by atoms with Crippen molar-refractivity contribution in [3.05, 3.63) is 0 Å². The molecule has 1 aromatic rings. The van der Waals surface area contributed by atoms with Gasteiger partial charge in [-0.2, -0.15) is 0 Å². The highest BCUT2D eigenvalue weighted by atomic mass is 32.2. The minimum absolute atomic E-state index is 0.569. The van der Waals surface area contributed by atoms with E-state index in [0.717, 1.165) is 16.0 Å². The summed E-state index contributed by atoms with van der Waals surface area (Å²) in [5.74, 6) is 1.95. The Kier molecular flexibility index (Phi) is 6.02. The maximum atomic E-state index is 5.53. The van der Waals surface area contributed by atoms with Crippen LogP contribution < -0.4 is 5.73 Å². The van der Waals surface area contributed by atoms with Crippen LogP contribution in [0.1, 0.15) is 39.5 Å². The van der Waals surface area contributed by atoms with E-state index in [0.29, 0.717) is 5.13 Å². The Morgan fingerprint density at radius 1 is 1.40 bits per heavy atom. The SMILES string of the molecule is CCCCC(CC)CSc1nnc(N)s1. The largest absolute Gasteiger partial charge is 0.374 e. The van der Waals surface area contributed by atoms with Crippen LogP contribution in [0.5, 0.6) is 0 Å². The van der Waals surface area contributed by atoms with Crippen LogP contribution in [0, 0.1) is 5.92 Å². The van der Waals surface area contributed by atoms with Gasteiger partial charge in [-0.3, -0.25) is 0 Å². The van der Waals surface area contributed by atoms with E-state index in [2.05, 4.69) is 24.0 Å². The molecule has 1 unspecified atom stereocenters. The summed E-state index contributed by atoms with van der Waals surface area (Å²) in [6.45, 7) is 4.50. The van der Waals surface area contributed by atoms with Crippen molar-refractivity contribution in [3.8, 4) is 0 Å². The molecule has 0 saturated carbocycles. The van der Waals surface area contributed by atoms with Crippen LogP contribution in [0.25, 0.3) is 0 Å². The summed E-state index contributed by atoms with van der Waals surface area (Å²) in [4.78, 5) is 0. The second-order valence-electron chi connectivity index (χ2n) is 3.63. The second kappa shape index (κ2) is 7.06. The summed E-state index contributed by atoms with van der Waals surface area (Å²) >= 11 is 3.27. The van der Waals surface area contributed by atoms with Gasteiger partial charge < -0.3 is 5.73 Å². The number of hydrogen-bond acceptors (Lipinski definition) is 5. The summed E-state index contributed by atoms with van der Waals surface area (Å²) in [5, 5.41) is 8.39. The van der Waals surface area contributed by atoms with E-state index in [9.17, 15) is 0 Å². The fraction of sp³-hybridized carbons (Fsp3) is 0.800. The molecule has 0 bridgehead atoms. The van der Waals surface area contributed by atoms with Crippen LogP contribution in [0.4, 0.5) is 5.13 Å². The van der Waals surface area contributed by atoms with Gasteiger partial charge in [-0.05, 0) is 12.3 Å². The fourth-order valence-electron chi connectivity index (χ4n) is 1.37. The first-order valence-corrected chi connectivity index (χ1v) is 7.28. The van der Waals surface area contributed by atoms with Gasteiger partial charge in [0.05, 0.1) is 0 Å². The molecule has 0 spiro atoms. The summed E-state index contributed by atoms with van der Waals surface area (Å²) in [7, 11) is 0. The maximum Gasteiger partial charge on any atom is 0.203 e. The van der Waals surface area contributed by atoms with Gasteiger partial charge in [0, 0.05) is 5.75 Å². The third kappa shape index (κ3) is 4.84. The minimum atomic E-state index is 0.569.